The minimum Gasteiger partial charge on any atom is -0.307 e. The first-order valence-corrected chi connectivity index (χ1v) is 10.4. The van der Waals surface area contributed by atoms with Crippen LogP contribution in [-0.2, 0) is 21.3 Å². The number of nitrogens with zero attached hydrogens (tertiary/aromatic N) is 3. The van der Waals surface area contributed by atoms with E-state index >= 15 is 0 Å². The Labute approximate surface area is 151 Å². The molecular formula is C17H21N3O5S. The van der Waals surface area contributed by atoms with Crippen molar-refractivity contribution < 1.29 is 18.3 Å². The van der Waals surface area contributed by atoms with Crippen LogP contribution in [0, 0.1) is 10.1 Å². The van der Waals surface area contributed by atoms with Crippen LogP contribution in [0.4, 0.5) is 0 Å². The molecule has 0 N–H and O–H groups in total. The number of aromatic nitrogens is 2. The number of rotatable bonds is 6. The summed E-state index contributed by atoms with van der Waals surface area (Å²) in [6.45, 7) is -0.207. The van der Waals surface area contributed by atoms with Crippen LogP contribution in [-0.4, -0.2) is 29.5 Å². The Hall–Kier alpha value is -2.42. The van der Waals surface area contributed by atoms with E-state index in [1.54, 1.807) is 30.3 Å². The number of sulfone groups is 1. The van der Waals surface area contributed by atoms with Gasteiger partial charge in [0.1, 0.15) is 6.61 Å². The van der Waals surface area contributed by atoms with Crippen molar-refractivity contribution in [2.75, 3.05) is 6.26 Å². The van der Waals surface area contributed by atoms with Crippen molar-refractivity contribution in [3.05, 3.63) is 46.1 Å². The van der Waals surface area contributed by atoms with Gasteiger partial charge in [-0.3, -0.25) is 4.68 Å². The molecule has 140 valence electrons. The van der Waals surface area contributed by atoms with Gasteiger partial charge in [0.2, 0.25) is 0 Å². The molecule has 26 heavy (non-hydrogen) atoms. The Bertz CT molecular complexity index is 884. The highest BCUT2D eigenvalue weighted by molar-refractivity contribution is 7.90. The van der Waals surface area contributed by atoms with Crippen LogP contribution < -0.4 is 0 Å². The maximum absolute atomic E-state index is 11.7. The average Bonchev–Trinajstić information content (AvgIpc) is 3.04. The van der Waals surface area contributed by atoms with Crippen molar-refractivity contribution >= 4 is 9.84 Å². The zero-order valence-corrected chi connectivity index (χ0v) is 15.3. The molecule has 0 aliphatic heterocycles. The summed E-state index contributed by atoms with van der Waals surface area (Å²) in [6.07, 6.45) is 6.63. The summed E-state index contributed by atoms with van der Waals surface area (Å²) in [5.74, 6) is 0. The van der Waals surface area contributed by atoms with Crippen molar-refractivity contribution in [1.29, 1.82) is 0 Å². The smallest absolute Gasteiger partial charge is 0.294 e. The van der Waals surface area contributed by atoms with Crippen molar-refractivity contribution in [3.8, 4) is 11.3 Å². The summed E-state index contributed by atoms with van der Waals surface area (Å²) in [7, 11) is -3.26. The zero-order valence-electron chi connectivity index (χ0n) is 14.5. The van der Waals surface area contributed by atoms with Crippen molar-refractivity contribution in [2.45, 2.75) is 49.6 Å². The van der Waals surface area contributed by atoms with Crippen LogP contribution in [0.25, 0.3) is 11.3 Å². The quantitative estimate of drug-likeness (QED) is 0.564. The Morgan fingerprint density at radius 3 is 2.46 bits per heavy atom. The van der Waals surface area contributed by atoms with Gasteiger partial charge in [0.15, 0.2) is 9.84 Å². The van der Waals surface area contributed by atoms with Gasteiger partial charge in [0.05, 0.1) is 22.3 Å². The van der Waals surface area contributed by atoms with Gasteiger partial charge < -0.3 is 4.84 Å². The lowest BCUT2D eigenvalue weighted by Crippen LogP contribution is -2.15. The molecule has 1 saturated carbocycles. The van der Waals surface area contributed by atoms with Crippen LogP contribution in [0.5, 0.6) is 0 Å². The summed E-state index contributed by atoms with van der Waals surface area (Å²) < 4.78 is 25.2. The number of benzene rings is 1. The lowest BCUT2D eigenvalue weighted by molar-refractivity contribution is -0.763. The highest BCUT2D eigenvalue weighted by Crippen LogP contribution is 2.33. The minimum atomic E-state index is -3.26. The molecule has 1 aromatic heterocycles. The molecule has 2 aromatic rings. The molecule has 0 atom stereocenters. The SMILES string of the molecule is CS(=O)(=O)c1ccc(-c2cc(CO[N+](=O)[O-])nn2C2CCCCC2)cc1. The van der Waals surface area contributed by atoms with Crippen molar-refractivity contribution in [2.24, 2.45) is 0 Å². The molecular weight excluding hydrogens is 358 g/mol. The minimum absolute atomic E-state index is 0.207. The van der Waals surface area contributed by atoms with Gasteiger partial charge in [0.25, 0.3) is 5.09 Å². The third-order valence-corrected chi connectivity index (χ3v) is 5.73. The molecule has 0 spiro atoms. The standard InChI is InChI=1S/C17H21N3O5S/c1-26(23,24)16-9-7-13(8-10-16)17-11-14(12-25-20(21)22)18-19(17)15-5-3-2-4-6-15/h7-11,15H,2-6,12H2,1H3. The highest BCUT2D eigenvalue weighted by Gasteiger charge is 2.21. The molecule has 1 aliphatic carbocycles. The first-order chi connectivity index (χ1) is 12.3. The van der Waals surface area contributed by atoms with E-state index in [4.69, 9.17) is 0 Å². The molecule has 0 bridgehead atoms. The maximum Gasteiger partial charge on any atom is 0.294 e. The third kappa shape index (κ3) is 4.21. The summed E-state index contributed by atoms with van der Waals surface area (Å²) in [6, 6.07) is 8.62. The lowest BCUT2D eigenvalue weighted by Gasteiger charge is -2.24. The summed E-state index contributed by atoms with van der Waals surface area (Å²) in [4.78, 5) is 15.2. The average molecular weight is 379 g/mol. The first kappa shape index (κ1) is 18.4. The summed E-state index contributed by atoms with van der Waals surface area (Å²) >= 11 is 0. The molecule has 3 rings (SSSR count). The fourth-order valence-corrected chi connectivity index (χ4v) is 3.96. The molecule has 0 amide bonds. The molecule has 0 radical (unpaired) electrons. The van der Waals surface area contributed by atoms with Crippen LogP contribution >= 0.6 is 0 Å². The van der Waals surface area contributed by atoms with E-state index in [2.05, 4.69) is 9.94 Å². The van der Waals surface area contributed by atoms with E-state index in [-0.39, 0.29) is 17.5 Å². The molecule has 0 unspecified atom stereocenters. The molecule has 1 fully saturated rings. The molecule has 8 nitrogen and oxygen atoms in total. The first-order valence-electron chi connectivity index (χ1n) is 8.51. The predicted octanol–water partition coefficient (Wildman–Crippen LogP) is 3.17. The molecule has 1 heterocycles. The Morgan fingerprint density at radius 1 is 1.23 bits per heavy atom. The van der Waals surface area contributed by atoms with E-state index in [9.17, 15) is 18.5 Å². The van der Waals surface area contributed by atoms with Crippen LogP contribution in [0.3, 0.4) is 0 Å². The fraction of sp³-hybridized carbons (Fsp3) is 0.471. The Kier molecular flexibility index (Phi) is 5.26. The van der Waals surface area contributed by atoms with Crippen LogP contribution in [0.1, 0.15) is 43.8 Å². The van der Waals surface area contributed by atoms with Gasteiger partial charge in [-0.1, -0.05) is 31.4 Å². The normalized spacial score (nSPS) is 15.7. The second kappa shape index (κ2) is 7.45. The van der Waals surface area contributed by atoms with Crippen LogP contribution in [0.2, 0.25) is 0 Å². The van der Waals surface area contributed by atoms with E-state index in [0.29, 0.717) is 5.69 Å². The number of hydrogen-bond donors (Lipinski definition) is 0. The van der Waals surface area contributed by atoms with E-state index in [1.165, 1.54) is 12.7 Å². The van der Waals surface area contributed by atoms with Gasteiger partial charge in [0, 0.05) is 6.26 Å². The molecule has 9 heteroatoms. The van der Waals surface area contributed by atoms with E-state index < -0.39 is 14.9 Å². The van der Waals surface area contributed by atoms with Crippen molar-refractivity contribution in [3.63, 3.8) is 0 Å². The molecule has 1 aliphatic rings. The van der Waals surface area contributed by atoms with E-state index in [1.807, 2.05) is 4.68 Å². The van der Waals surface area contributed by atoms with Crippen LogP contribution in [0.15, 0.2) is 35.2 Å². The summed E-state index contributed by atoms with van der Waals surface area (Å²) in [5, 5.41) is 14.1. The van der Waals surface area contributed by atoms with Crippen molar-refractivity contribution in [1.82, 2.24) is 9.78 Å². The van der Waals surface area contributed by atoms with E-state index in [0.717, 1.165) is 36.9 Å². The lowest BCUT2D eigenvalue weighted by atomic mass is 9.95. The Morgan fingerprint density at radius 2 is 1.88 bits per heavy atom. The maximum atomic E-state index is 11.7. The molecule has 1 aromatic carbocycles. The number of hydrogen-bond acceptors (Lipinski definition) is 6. The zero-order chi connectivity index (χ0) is 18.7. The topological polar surface area (TPSA) is 104 Å². The monoisotopic (exact) mass is 379 g/mol. The predicted molar refractivity (Wildman–Crippen MR) is 94.7 cm³/mol. The summed E-state index contributed by atoms with van der Waals surface area (Å²) in [5.41, 5.74) is 2.12. The van der Waals surface area contributed by atoms with Gasteiger partial charge in [-0.2, -0.15) is 5.10 Å². The fourth-order valence-electron chi connectivity index (χ4n) is 3.33. The largest absolute Gasteiger partial charge is 0.307 e. The second-order valence-electron chi connectivity index (χ2n) is 6.55. The van der Waals surface area contributed by atoms with Gasteiger partial charge >= 0.3 is 0 Å². The van der Waals surface area contributed by atoms with Gasteiger partial charge in [-0.15, -0.1) is 10.1 Å². The van der Waals surface area contributed by atoms with Gasteiger partial charge in [-0.25, -0.2) is 8.42 Å². The molecule has 0 saturated heterocycles. The third-order valence-electron chi connectivity index (χ3n) is 4.60. The Balaban J connectivity index is 1.96. The van der Waals surface area contributed by atoms with Gasteiger partial charge in [-0.05, 0) is 36.6 Å². The highest BCUT2D eigenvalue weighted by atomic mass is 32.2. The second-order valence-corrected chi connectivity index (χ2v) is 8.57.